The molecule has 0 saturated heterocycles. The topological polar surface area (TPSA) is 99.8 Å². The second-order valence-electron chi connectivity index (χ2n) is 8.45. The lowest BCUT2D eigenvalue weighted by molar-refractivity contribution is -0.137. The predicted molar refractivity (Wildman–Crippen MR) is 126 cm³/mol. The smallest absolute Gasteiger partial charge is 0.341 e. The lowest BCUT2D eigenvalue weighted by Crippen LogP contribution is -2.21. The Hall–Kier alpha value is -4.50. The minimum absolute atomic E-state index is 0.0310. The van der Waals surface area contributed by atoms with Crippen molar-refractivity contribution < 1.29 is 31.5 Å². The van der Waals surface area contributed by atoms with E-state index in [1.165, 1.54) is 23.9 Å². The molecular formula is C25H13ClF5N5O2. The van der Waals surface area contributed by atoms with Crippen LogP contribution in [-0.4, -0.2) is 21.6 Å². The van der Waals surface area contributed by atoms with Gasteiger partial charge in [-0.1, -0.05) is 11.6 Å². The molecule has 0 unspecified atom stereocenters. The molecule has 2 N–H and O–H groups in total. The summed E-state index contributed by atoms with van der Waals surface area (Å²) in [5.41, 5.74) is -1.79. The highest BCUT2D eigenvalue weighted by atomic mass is 35.5. The standard InChI is InChI=1S/C25H13ClF5N5O2/c1-36-18(9-32)15-8-17(33-23(37)10-4-11(25(29,30)31)6-13(28)5-10)19-20(22(15)35-36)24(38)34-21(19)14-7-12(27)2-3-16(14)26/h2-8,21H,1H3,(H,33,37)(H,34,38)/t21-/m1/s1. The van der Waals surface area contributed by atoms with E-state index in [0.717, 1.165) is 12.1 Å². The zero-order chi connectivity index (χ0) is 27.5. The van der Waals surface area contributed by atoms with E-state index in [0.29, 0.717) is 12.1 Å². The van der Waals surface area contributed by atoms with Crippen LogP contribution in [0.25, 0.3) is 10.9 Å². The Bertz CT molecular complexity index is 1720. The first-order chi connectivity index (χ1) is 17.9. The van der Waals surface area contributed by atoms with Gasteiger partial charge in [-0.3, -0.25) is 14.3 Å². The van der Waals surface area contributed by atoms with Crippen LogP contribution in [0.15, 0.2) is 42.5 Å². The zero-order valence-electron chi connectivity index (χ0n) is 19.0. The third-order valence-corrected chi connectivity index (χ3v) is 6.41. The minimum atomic E-state index is -4.91. The summed E-state index contributed by atoms with van der Waals surface area (Å²) in [6, 6.07) is 6.98. The second-order valence-corrected chi connectivity index (χ2v) is 8.85. The highest BCUT2D eigenvalue weighted by molar-refractivity contribution is 6.31. The maximum atomic E-state index is 14.1. The van der Waals surface area contributed by atoms with Crippen molar-refractivity contribution in [1.82, 2.24) is 15.1 Å². The molecule has 38 heavy (non-hydrogen) atoms. The molecule has 13 heteroatoms. The molecule has 4 aromatic rings. The number of carbonyl (C=O) groups excluding carboxylic acids is 2. The molecule has 7 nitrogen and oxygen atoms in total. The largest absolute Gasteiger partial charge is 0.416 e. The van der Waals surface area contributed by atoms with Gasteiger partial charge in [0.1, 0.15) is 28.9 Å². The van der Waals surface area contributed by atoms with Crippen molar-refractivity contribution in [1.29, 1.82) is 5.26 Å². The van der Waals surface area contributed by atoms with Gasteiger partial charge in [-0.2, -0.15) is 23.5 Å². The molecule has 0 bridgehead atoms. The van der Waals surface area contributed by atoms with Crippen molar-refractivity contribution in [2.75, 3.05) is 5.32 Å². The quantitative estimate of drug-likeness (QED) is 0.333. The van der Waals surface area contributed by atoms with E-state index in [9.17, 15) is 36.8 Å². The van der Waals surface area contributed by atoms with Crippen LogP contribution < -0.4 is 10.6 Å². The third-order valence-electron chi connectivity index (χ3n) is 6.07. The van der Waals surface area contributed by atoms with Crippen LogP contribution in [-0.2, 0) is 13.2 Å². The van der Waals surface area contributed by atoms with Crippen molar-refractivity contribution in [2.45, 2.75) is 12.2 Å². The zero-order valence-corrected chi connectivity index (χ0v) is 19.8. The molecule has 192 valence electrons. The van der Waals surface area contributed by atoms with Gasteiger partial charge in [0.05, 0.1) is 17.2 Å². The molecule has 1 aliphatic rings. The number of halogens is 6. The minimum Gasteiger partial charge on any atom is -0.341 e. The van der Waals surface area contributed by atoms with Crippen LogP contribution in [0.2, 0.25) is 5.02 Å². The molecule has 2 heterocycles. The molecule has 1 aromatic heterocycles. The van der Waals surface area contributed by atoms with Gasteiger partial charge in [0.15, 0.2) is 0 Å². The number of aromatic nitrogens is 2. The molecule has 1 aliphatic heterocycles. The van der Waals surface area contributed by atoms with Crippen molar-refractivity contribution in [2.24, 2.45) is 7.05 Å². The summed E-state index contributed by atoms with van der Waals surface area (Å²) in [6.45, 7) is 0. The third kappa shape index (κ3) is 4.10. The summed E-state index contributed by atoms with van der Waals surface area (Å²) < 4.78 is 68.9. The van der Waals surface area contributed by atoms with Crippen LogP contribution in [0.1, 0.15) is 49.1 Å². The first kappa shape index (κ1) is 25.2. The Balaban J connectivity index is 1.72. The molecule has 0 spiro atoms. The number of nitrogens with one attached hydrogen (secondary N) is 2. The maximum absolute atomic E-state index is 14.1. The van der Waals surface area contributed by atoms with Gasteiger partial charge in [-0.25, -0.2) is 8.78 Å². The normalized spacial score (nSPS) is 14.8. The fourth-order valence-corrected chi connectivity index (χ4v) is 4.66. The van der Waals surface area contributed by atoms with Gasteiger partial charge < -0.3 is 10.6 Å². The lowest BCUT2D eigenvalue weighted by atomic mass is 9.94. The van der Waals surface area contributed by atoms with E-state index < -0.39 is 46.8 Å². The molecule has 1 atom stereocenters. The van der Waals surface area contributed by atoms with E-state index in [4.69, 9.17) is 11.6 Å². The maximum Gasteiger partial charge on any atom is 0.416 e. The number of alkyl halides is 3. The summed E-state index contributed by atoms with van der Waals surface area (Å²) in [5.74, 6) is -3.74. The molecule has 3 aromatic carbocycles. The van der Waals surface area contributed by atoms with Crippen LogP contribution >= 0.6 is 11.6 Å². The van der Waals surface area contributed by atoms with E-state index in [1.54, 1.807) is 0 Å². The average molecular weight is 546 g/mol. The number of carbonyl (C=O) groups is 2. The number of nitrogens with zero attached hydrogens (tertiary/aromatic N) is 3. The van der Waals surface area contributed by atoms with Crippen LogP contribution in [0, 0.1) is 23.0 Å². The Kier molecular flexibility index (Phi) is 5.83. The summed E-state index contributed by atoms with van der Waals surface area (Å²) in [6.07, 6.45) is -4.91. The number of nitriles is 1. The monoisotopic (exact) mass is 545 g/mol. The number of benzene rings is 3. The number of fused-ring (bicyclic) bond motifs is 3. The Morgan fingerprint density at radius 3 is 2.58 bits per heavy atom. The first-order valence-corrected chi connectivity index (χ1v) is 11.2. The SMILES string of the molecule is Cn1nc2c3c(c(NC(=O)c4cc(F)cc(C(F)(F)F)c4)cc2c1C#N)[C@@H](c1cc(F)ccc1Cl)NC3=O. The molecule has 5 rings (SSSR count). The number of amides is 2. The van der Waals surface area contributed by atoms with Crippen molar-refractivity contribution >= 4 is 40.0 Å². The number of hydrogen-bond acceptors (Lipinski definition) is 4. The van der Waals surface area contributed by atoms with Crippen molar-refractivity contribution in [3.05, 3.63) is 92.6 Å². The Morgan fingerprint density at radius 2 is 1.89 bits per heavy atom. The number of hydrogen-bond donors (Lipinski definition) is 2. The number of aryl methyl sites for hydroxylation is 1. The van der Waals surface area contributed by atoms with Crippen LogP contribution in [0.4, 0.5) is 27.6 Å². The second kappa shape index (κ2) is 8.81. The highest BCUT2D eigenvalue weighted by Gasteiger charge is 2.38. The highest BCUT2D eigenvalue weighted by Crippen LogP contribution is 2.43. The molecule has 0 saturated carbocycles. The average Bonchev–Trinajstić information content (AvgIpc) is 3.35. The van der Waals surface area contributed by atoms with Gasteiger partial charge >= 0.3 is 6.18 Å². The molecule has 0 fully saturated rings. The van der Waals surface area contributed by atoms with E-state index in [-0.39, 0.29) is 50.1 Å². The summed E-state index contributed by atoms with van der Waals surface area (Å²) in [4.78, 5) is 26.2. The summed E-state index contributed by atoms with van der Waals surface area (Å²) in [7, 11) is 1.46. The van der Waals surface area contributed by atoms with E-state index in [2.05, 4.69) is 15.7 Å². The van der Waals surface area contributed by atoms with Gasteiger partial charge in [0, 0.05) is 39.8 Å². The Morgan fingerprint density at radius 1 is 1.16 bits per heavy atom. The van der Waals surface area contributed by atoms with Gasteiger partial charge in [0.2, 0.25) is 0 Å². The lowest BCUT2D eigenvalue weighted by Gasteiger charge is -2.18. The van der Waals surface area contributed by atoms with Gasteiger partial charge in [-0.05, 0) is 42.5 Å². The number of rotatable bonds is 3. The van der Waals surface area contributed by atoms with Crippen molar-refractivity contribution in [3.8, 4) is 6.07 Å². The fraction of sp³-hybridized carbons (Fsp3) is 0.120. The summed E-state index contributed by atoms with van der Waals surface area (Å²) in [5, 5.41) is 19.2. The van der Waals surface area contributed by atoms with Gasteiger partial charge in [0.25, 0.3) is 11.8 Å². The van der Waals surface area contributed by atoms with Crippen LogP contribution in [0.5, 0.6) is 0 Å². The van der Waals surface area contributed by atoms with Gasteiger partial charge in [-0.15, -0.1) is 0 Å². The van der Waals surface area contributed by atoms with Crippen LogP contribution in [0.3, 0.4) is 0 Å². The molecule has 0 aliphatic carbocycles. The fourth-order valence-electron chi connectivity index (χ4n) is 4.44. The molecular weight excluding hydrogens is 533 g/mol. The van der Waals surface area contributed by atoms with E-state index in [1.807, 2.05) is 6.07 Å². The number of anilines is 1. The predicted octanol–water partition coefficient (Wildman–Crippen LogP) is 5.48. The van der Waals surface area contributed by atoms with E-state index >= 15 is 0 Å². The van der Waals surface area contributed by atoms with Crippen molar-refractivity contribution in [3.63, 3.8) is 0 Å². The Labute approximate surface area is 215 Å². The molecule has 0 radical (unpaired) electrons. The summed E-state index contributed by atoms with van der Waals surface area (Å²) >= 11 is 6.28. The first-order valence-electron chi connectivity index (χ1n) is 10.8. The molecule has 2 amide bonds.